The fourth-order valence-electron chi connectivity index (χ4n) is 2.26. The van der Waals surface area contributed by atoms with E-state index in [1.54, 1.807) is 0 Å². The predicted molar refractivity (Wildman–Crippen MR) is 88.9 cm³/mol. The number of rotatable bonds is 15. The molecule has 0 saturated carbocycles. The zero-order chi connectivity index (χ0) is 16.6. The van der Waals surface area contributed by atoms with E-state index in [2.05, 4.69) is 13.0 Å². The van der Waals surface area contributed by atoms with Crippen LogP contribution < -0.4 is 0 Å². The molecule has 0 spiro atoms. The number of aliphatic carboxylic acids is 1. The minimum Gasteiger partial charge on any atom is -0.481 e. The van der Waals surface area contributed by atoms with Crippen molar-refractivity contribution in [1.82, 2.24) is 0 Å². The van der Waals surface area contributed by atoms with Gasteiger partial charge in [-0.2, -0.15) is 0 Å². The monoisotopic (exact) mass is 312 g/mol. The van der Waals surface area contributed by atoms with E-state index in [9.17, 15) is 14.7 Å². The number of carboxylic acid groups (broad SMARTS) is 1. The molecule has 0 aliphatic rings. The first-order chi connectivity index (χ1) is 10.6. The van der Waals surface area contributed by atoms with Crippen LogP contribution in [0.15, 0.2) is 12.2 Å². The van der Waals surface area contributed by atoms with E-state index in [0.717, 1.165) is 32.1 Å². The molecule has 128 valence electrons. The highest BCUT2D eigenvalue weighted by molar-refractivity contribution is 5.82. The van der Waals surface area contributed by atoms with Crippen molar-refractivity contribution in [2.75, 3.05) is 0 Å². The van der Waals surface area contributed by atoms with Gasteiger partial charge in [0.15, 0.2) is 5.78 Å². The molecule has 0 rings (SSSR count). The smallest absolute Gasteiger partial charge is 0.303 e. The summed E-state index contributed by atoms with van der Waals surface area (Å²) in [5.74, 6) is -0.829. The first-order valence-electron chi connectivity index (χ1n) is 8.65. The molecular formula is C18H32O4. The predicted octanol–water partition coefficient (Wildman–Crippen LogP) is 4.26. The van der Waals surface area contributed by atoms with Crippen LogP contribution >= 0.6 is 0 Å². The zero-order valence-corrected chi connectivity index (χ0v) is 13.9. The van der Waals surface area contributed by atoms with Crippen molar-refractivity contribution in [3.8, 4) is 0 Å². The van der Waals surface area contributed by atoms with E-state index in [1.165, 1.54) is 19.3 Å². The highest BCUT2D eigenvalue weighted by atomic mass is 16.4. The highest BCUT2D eigenvalue weighted by Gasteiger charge is 2.12. The summed E-state index contributed by atoms with van der Waals surface area (Å²) in [5, 5.41) is 18.3. The fraction of sp³-hybridized carbons (Fsp3) is 0.778. The van der Waals surface area contributed by atoms with Gasteiger partial charge in [-0.1, -0.05) is 51.2 Å². The Bertz CT molecular complexity index is 323. The molecule has 2 N–H and O–H groups in total. The summed E-state index contributed by atoms with van der Waals surface area (Å²) in [7, 11) is 0. The third-order valence-electron chi connectivity index (χ3n) is 3.69. The topological polar surface area (TPSA) is 74.6 Å². The first kappa shape index (κ1) is 20.8. The van der Waals surface area contributed by atoms with Gasteiger partial charge in [0.25, 0.3) is 0 Å². The quantitative estimate of drug-likeness (QED) is 0.350. The largest absolute Gasteiger partial charge is 0.481 e. The number of aliphatic hydroxyl groups is 1. The van der Waals surface area contributed by atoms with E-state index in [0.29, 0.717) is 19.3 Å². The first-order valence-corrected chi connectivity index (χ1v) is 8.65. The van der Waals surface area contributed by atoms with Crippen LogP contribution in [-0.2, 0) is 9.59 Å². The summed E-state index contributed by atoms with van der Waals surface area (Å²) in [4.78, 5) is 22.1. The van der Waals surface area contributed by atoms with Gasteiger partial charge in [-0.3, -0.25) is 9.59 Å². The Balaban J connectivity index is 3.51. The summed E-state index contributed by atoms with van der Waals surface area (Å²) in [6, 6.07) is 0. The van der Waals surface area contributed by atoms with Gasteiger partial charge in [0.1, 0.15) is 6.10 Å². The molecule has 0 aromatic heterocycles. The lowest BCUT2D eigenvalue weighted by Crippen LogP contribution is -2.19. The maximum atomic E-state index is 11.7. The Morgan fingerprint density at radius 1 is 0.909 bits per heavy atom. The molecule has 22 heavy (non-hydrogen) atoms. The molecule has 0 saturated heterocycles. The van der Waals surface area contributed by atoms with Crippen molar-refractivity contribution in [2.45, 2.75) is 90.1 Å². The molecule has 1 unspecified atom stereocenters. The van der Waals surface area contributed by atoms with Crippen molar-refractivity contribution < 1.29 is 19.8 Å². The van der Waals surface area contributed by atoms with E-state index >= 15 is 0 Å². The van der Waals surface area contributed by atoms with Crippen LogP contribution in [0.2, 0.25) is 0 Å². The number of ketones is 1. The van der Waals surface area contributed by atoms with Crippen LogP contribution in [0.3, 0.4) is 0 Å². The Kier molecular flexibility index (Phi) is 14.0. The van der Waals surface area contributed by atoms with Crippen LogP contribution in [0.1, 0.15) is 84.0 Å². The molecule has 0 aromatic rings. The summed E-state index contributed by atoms with van der Waals surface area (Å²) in [6.45, 7) is 2.16. The van der Waals surface area contributed by atoms with Crippen LogP contribution in [-0.4, -0.2) is 28.1 Å². The molecular weight excluding hydrogens is 280 g/mol. The van der Waals surface area contributed by atoms with Gasteiger partial charge >= 0.3 is 5.97 Å². The van der Waals surface area contributed by atoms with Gasteiger partial charge in [0.05, 0.1) is 0 Å². The lowest BCUT2D eigenvalue weighted by molar-refractivity contribution is -0.137. The molecule has 0 aromatic carbocycles. The Hall–Kier alpha value is -1.16. The average Bonchev–Trinajstić information content (AvgIpc) is 2.49. The van der Waals surface area contributed by atoms with E-state index < -0.39 is 12.1 Å². The molecule has 4 heteroatoms. The summed E-state index contributed by atoms with van der Waals surface area (Å²) in [5.41, 5.74) is 0. The van der Waals surface area contributed by atoms with Crippen LogP contribution in [0, 0.1) is 0 Å². The second-order valence-corrected chi connectivity index (χ2v) is 5.85. The Labute approximate surface area is 134 Å². The lowest BCUT2D eigenvalue weighted by atomic mass is 10.0. The van der Waals surface area contributed by atoms with Gasteiger partial charge in [-0.15, -0.1) is 0 Å². The van der Waals surface area contributed by atoms with Crippen molar-refractivity contribution in [3.05, 3.63) is 12.2 Å². The van der Waals surface area contributed by atoms with Crippen molar-refractivity contribution >= 4 is 11.8 Å². The third-order valence-corrected chi connectivity index (χ3v) is 3.69. The zero-order valence-electron chi connectivity index (χ0n) is 13.9. The van der Waals surface area contributed by atoms with Crippen molar-refractivity contribution in [3.63, 3.8) is 0 Å². The number of aliphatic hydroxyl groups excluding tert-OH is 1. The number of allylic oxidation sites excluding steroid dienone is 1. The second-order valence-electron chi connectivity index (χ2n) is 5.85. The molecule has 0 aliphatic carbocycles. The molecule has 0 aliphatic heterocycles. The van der Waals surface area contributed by atoms with E-state index in [1.807, 2.05) is 6.08 Å². The molecule has 0 radical (unpaired) electrons. The molecule has 0 fully saturated rings. The van der Waals surface area contributed by atoms with Gasteiger partial charge in [0.2, 0.25) is 0 Å². The number of carbonyl (C=O) groups excluding carboxylic acids is 1. The van der Waals surface area contributed by atoms with Gasteiger partial charge in [0, 0.05) is 12.8 Å². The van der Waals surface area contributed by atoms with Crippen molar-refractivity contribution in [2.24, 2.45) is 0 Å². The summed E-state index contributed by atoms with van der Waals surface area (Å²) in [6.07, 6.45) is 13.0. The Morgan fingerprint density at radius 2 is 1.55 bits per heavy atom. The normalized spacial score (nSPS) is 12.6. The minimum atomic E-state index is -0.866. The third kappa shape index (κ3) is 13.8. The molecule has 0 heterocycles. The number of carboxylic acids is 1. The maximum Gasteiger partial charge on any atom is 0.303 e. The van der Waals surface area contributed by atoms with Crippen LogP contribution in [0.25, 0.3) is 0 Å². The molecule has 1 atom stereocenters. The summed E-state index contributed by atoms with van der Waals surface area (Å²) >= 11 is 0. The number of hydrogen-bond acceptors (Lipinski definition) is 3. The minimum absolute atomic E-state index is 0.0799. The van der Waals surface area contributed by atoms with Crippen molar-refractivity contribution in [1.29, 1.82) is 0 Å². The standard InChI is InChI=1S/C18H32O4/c1-2-3-4-5-7-10-13-16(19)17(20)14-11-8-6-9-12-15-18(21)22/h7,10,16,19H,2-6,8-9,11-15H2,1H3,(H,21,22). The highest BCUT2D eigenvalue weighted by Crippen LogP contribution is 2.10. The Morgan fingerprint density at radius 3 is 2.18 bits per heavy atom. The average molecular weight is 312 g/mol. The number of Topliss-reactive ketones (excluding diaryl/α,β-unsaturated/α-hetero) is 1. The van der Waals surface area contributed by atoms with Gasteiger partial charge < -0.3 is 10.2 Å². The second kappa shape index (κ2) is 14.8. The molecule has 0 bridgehead atoms. The SMILES string of the molecule is CCCCCC=CCC(O)C(=O)CCCCCCCC(=O)O. The number of unbranched alkanes of at least 4 members (excludes halogenated alkanes) is 7. The lowest BCUT2D eigenvalue weighted by Gasteiger charge is -2.07. The molecule has 4 nitrogen and oxygen atoms in total. The van der Waals surface area contributed by atoms with Gasteiger partial charge in [-0.25, -0.2) is 0 Å². The van der Waals surface area contributed by atoms with Gasteiger partial charge in [-0.05, 0) is 32.1 Å². The maximum absolute atomic E-state index is 11.7. The number of hydrogen-bond donors (Lipinski definition) is 2. The van der Waals surface area contributed by atoms with Crippen LogP contribution in [0.4, 0.5) is 0 Å². The fourth-order valence-corrected chi connectivity index (χ4v) is 2.26. The van der Waals surface area contributed by atoms with E-state index in [4.69, 9.17) is 5.11 Å². The number of carbonyl (C=O) groups is 2. The van der Waals surface area contributed by atoms with Crippen LogP contribution in [0.5, 0.6) is 0 Å². The van der Waals surface area contributed by atoms with E-state index in [-0.39, 0.29) is 12.2 Å². The molecule has 0 amide bonds. The summed E-state index contributed by atoms with van der Waals surface area (Å²) < 4.78 is 0.